The molecule has 1 rings (SSSR count). The van der Waals surface area contributed by atoms with Gasteiger partial charge in [0, 0.05) is 0 Å². The summed E-state index contributed by atoms with van der Waals surface area (Å²) in [5.41, 5.74) is -0.345. The van der Waals surface area contributed by atoms with Crippen LogP contribution in [-0.4, -0.2) is 29.2 Å². The molecule has 0 aliphatic carbocycles. The van der Waals surface area contributed by atoms with Gasteiger partial charge in [0.25, 0.3) is 0 Å². The smallest absolute Gasteiger partial charge is 0.371 e. The van der Waals surface area contributed by atoms with Crippen molar-refractivity contribution in [2.24, 2.45) is 0 Å². The average Bonchev–Trinajstić information content (AvgIpc) is 2.71. The summed E-state index contributed by atoms with van der Waals surface area (Å²) in [7, 11) is 0. The predicted octanol–water partition coefficient (Wildman–Crippen LogP) is 0.116. The minimum atomic E-state index is -0.796. The SMILES string of the molecule is C/C(O)=C(\C#N)C(=O)ON1CC1. The van der Waals surface area contributed by atoms with Crippen LogP contribution in [0.15, 0.2) is 11.3 Å². The number of aliphatic hydroxyl groups is 1. The van der Waals surface area contributed by atoms with Crippen molar-refractivity contribution in [3.63, 3.8) is 0 Å². The highest BCUT2D eigenvalue weighted by atomic mass is 16.7. The Morgan fingerprint density at radius 1 is 1.67 bits per heavy atom. The van der Waals surface area contributed by atoms with Crippen LogP contribution in [0.3, 0.4) is 0 Å². The Morgan fingerprint density at radius 2 is 2.25 bits per heavy atom. The Balaban J connectivity index is 2.60. The maximum atomic E-state index is 11.0. The molecule has 1 N–H and O–H groups in total. The molecular weight excluding hydrogens is 160 g/mol. The lowest BCUT2D eigenvalue weighted by Gasteiger charge is -2.01. The molecule has 5 heteroatoms. The largest absolute Gasteiger partial charge is 0.511 e. The Hall–Kier alpha value is -1.54. The molecule has 0 radical (unpaired) electrons. The second-order valence-corrected chi connectivity index (χ2v) is 2.38. The summed E-state index contributed by atoms with van der Waals surface area (Å²) in [6.07, 6.45) is 0. The van der Waals surface area contributed by atoms with Crippen molar-refractivity contribution < 1.29 is 14.7 Å². The van der Waals surface area contributed by atoms with Gasteiger partial charge in [-0.15, -0.1) is 5.06 Å². The normalized spacial score (nSPS) is 17.7. The molecule has 1 heterocycles. The molecule has 0 amide bonds. The van der Waals surface area contributed by atoms with E-state index in [9.17, 15) is 4.79 Å². The maximum Gasteiger partial charge on any atom is 0.371 e. The second kappa shape index (κ2) is 3.24. The predicted molar refractivity (Wildman–Crippen MR) is 38.6 cm³/mol. The van der Waals surface area contributed by atoms with Crippen LogP contribution in [0.2, 0.25) is 0 Å². The maximum absolute atomic E-state index is 11.0. The van der Waals surface area contributed by atoms with E-state index in [4.69, 9.17) is 10.4 Å². The molecule has 0 saturated carbocycles. The number of nitriles is 1. The van der Waals surface area contributed by atoms with Crippen molar-refractivity contribution >= 4 is 5.97 Å². The van der Waals surface area contributed by atoms with E-state index in [0.717, 1.165) is 0 Å². The van der Waals surface area contributed by atoms with Crippen molar-refractivity contribution in [2.45, 2.75) is 6.92 Å². The van der Waals surface area contributed by atoms with E-state index in [1.165, 1.54) is 12.0 Å². The minimum absolute atomic E-state index is 0.315. The highest BCUT2D eigenvalue weighted by molar-refractivity contribution is 5.93. The molecule has 0 spiro atoms. The van der Waals surface area contributed by atoms with Crippen LogP contribution in [-0.2, 0) is 9.63 Å². The van der Waals surface area contributed by atoms with Gasteiger partial charge in [0.2, 0.25) is 0 Å². The molecule has 1 saturated heterocycles. The van der Waals surface area contributed by atoms with E-state index in [0.29, 0.717) is 13.1 Å². The molecule has 0 unspecified atom stereocenters. The van der Waals surface area contributed by atoms with Crippen LogP contribution < -0.4 is 0 Å². The Morgan fingerprint density at radius 3 is 2.58 bits per heavy atom. The summed E-state index contributed by atoms with van der Waals surface area (Å²) < 4.78 is 0. The van der Waals surface area contributed by atoms with Gasteiger partial charge in [0.15, 0.2) is 5.57 Å². The molecular formula is C7H8N2O3. The van der Waals surface area contributed by atoms with E-state index in [1.807, 2.05) is 0 Å². The van der Waals surface area contributed by atoms with Gasteiger partial charge in [-0.2, -0.15) is 5.26 Å². The molecule has 64 valence electrons. The van der Waals surface area contributed by atoms with Gasteiger partial charge < -0.3 is 9.94 Å². The standard InChI is InChI=1S/C7H8N2O3/c1-5(10)6(4-8)7(11)12-9-2-3-9/h10H,2-3H2,1H3/b6-5-. The van der Waals surface area contributed by atoms with Crippen LogP contribution in [0.5, 0.6) is 0 Å². The molecule has 0 bridgehead atoms. The molecule has 1 fully saturated rings. The Labute approximate surface area is 69.4 Å². The van der Waals surface area contributed by atoms with Crippen molar-refractivity contribution in [3.05, 3.63) is 11.3 Å². The first-order valence-corrected chi connectivity index (χ1v) is 3.42. The van der Waals surface area contributed by atoms with Crippen LogP contribution in [0, 0.1) is 11.3 Å². The summed E-state index contributed by atoms with van der Waals surface area (Å²) in [4.78, 5) is 15.6. The van der Waals surface area contributed by atoms with Gasteiger partial charge >= 0.3 is 5.97 Å². The van der Waals surface area contributed by atoms with Gasteiger partial charge in [-0.05, 0) is 6.92 Å². The summed E-state index contributed by atoms with van der Waals surface area (Å²) in [6, 6.07) is 1.56. The van der Waals surface area contributed by atoms with E-state index >= 15 is 0 Å². The highest BCUT2D eigenvalue weighted by Crippen LogP contribution is 2.09. The van der Waals surface area contributed by atoms with E-state index in [-0.39, 0.29) is 11.3 Å². The Bertz CT molecular complexity index is 269. The number of hydroxylamine groups is 2. The summed E-state index contributed by atoms with van der Waals surface area (Å²) in [5, 5.41) is 18.7. The summed E-state index contributed by atoms with van der Waals surface area (Å²) >= 11 is 0. The molecule has 0 aromatic carbocycles. The number of aliphatic hydroxyl groups excluding tert-OH is 1. The van der Waals surface area contributed by atoms with E-state index in [2.05, 4.69) is 4.84 Å². The zero-order valence-electron chi connectivity index (χ0n) is 6.57. The molecule has 0 aromatic heterocycles. The summed E-state index contributed by atoms with van der Waals surface area (Å²) in [5.74, 6) is -1.11. The fourth-order valence-corrected chi connectivity index (χ4v) is 0.569. The van der Waals surface area contributed by atoms with Gasteiger partial charge in [-0.3, -0.25) is 0 Å². The number of rotatable bonds is 2. The van der Waals surface area contributed by atoms with Crippen LogP contribution in [0.4, 0.5) is 0 Å². The number of hydrogen-bond acceptors (Lipinski definition) is 5. The molecule has 1 aliphatic heterocycles. The van der Waals surface area contributed by atoms with Crippen molar-refractivity contribution in [1.82, 2.24) is 5.06 Å². The number of nitrogens with zero attached hydrogens (tertiary/aromatic N) is 2. The third-order valence-corrected chi connectivity index (χ3v) is 1.30. The average molecular weight is 168 g/mol. The molecule has 0 aromatic rings. The highest BCUT2D eigenvalue weighted by Gasteiger charge is 2.25. The van der Waals surface area contributed by atoms with Gasteiger partial charge in [0.1, 0.15) is 11.8 Å². The van der Waals surface area contributed by atoms with Crippen molar-refractivity contribution in [1.29, 1.82) is 5.26 Å². The molecule has 5 nitrogen and oxygen atoms in total. The third-order valence-electron chi connectivity index (χ3n) is 1.30. The topological polar surface area (TPSA) is 73.3 Å². The monoisotopic (exact) mass is 168 g/mol. The summed E-state index contributed by atoms with van der Waals surface area (Å²) in [6.45, 7) is 2.64. The lowest BCUT2D eigenvalue weighted by molar-refractivity contribution is -0.160. The Kier molecular flexibility index (Phi) is 2.31. The minimum Gasteiger partial charge on any atom is -0.511 e. The first-order valence-electron chi connectivity index (χ1n) is 3.42. The molecule has 0 atom stereocenters. The zero-order chi connectivity index (χ0) is 9.14. The fraction of sp³-hybridized carbons (Fsp3) is 0.429. The van der Waals surface area contributed by atoms with E-state index < -0.39 is 5.97 Å². The lowest BCUT2D eigenvalue weighted by Crippen LogP contribution is -2.12. The molecule has 12 heavy (non-hydrogen) atoms. The number of hydrogen-bond donors (Lipinski definition) is 1. The fourth-order valence-electron chi connectivity index (χ4n) is 0.569. The second-order valence-electron chi connectivity index (χ2n) is 2.38. The van der Waals surface area contributed by atoms with Gasteiger partial charge in [-0.1, -0.05) is 0 Å². The first-order chi connectivity index (χ1) is 5.65. The van der Waals surface area contributed by atoms with Crippen molar-refractivity contribution in [3.8, 4) is 6.07 Å². The zero-order valence-corrected chi connectivity index (χ0v) is 6.57. The first kappa shape index (κ1) is 8.56. The molecule has 1 aliphatic rings. The van der Waals surface area contributed by atoms with Crippen LogP contribution in [0.1, 0.15) is 6.92 Å². The third kappa shape index (κ3) is 1.97. The lowest BCUT2D eigenvalue weighted by atomic mass is 10.3. The number of carbonyl (C=O) groups is 1. The number of allylic oxidation sites excluding steroid dienone is 1. The van der Waals surface area contributed by atoms with Gasteiger partial charge in [0.05, 0.1) is 13.1 Å². The van der Waals surface area contributed by atoms with Crippen molar-refractivity contribution in [2.75, 3.05) is 13.1 Å². The van der Waals surface area contributed by atoms with Gasteiger partial charge in [-0.25, -0.2) is 4.79 Å². The van der Waals surface area contributed by atoms with E-state index in [1.54, 1.807) is 6.07 Å². The van der Waals surface area contributed by atoms with Crippen LogP contribution >= 0.6 is 0 Å². The van der Waals surface area contributed by atoms with Crippen LogP contribution in [0.25, 0.3) is 0 Å². The quantitative estimate of drug-likeness (QED) is 0.274. The number of carbonyl (C=O) groups excluding carboxylic acids is 1.